The van der Waals surface area contributed by atoms with Crippen LogP contribution in [0.1, 0.15) is 32.0 Å². The number of nitrogens with zero attached hydrogens (tertiary/aromatic N) is 3. The van der Waals surface area contributed by atoms with Crippen LogP contribution in [-0.2, 0) is 21.9 Å². The zero-order valence-corrected chi connectivity index (χ0v) is 16.0. The topological polar surface area (TPSA) is 95.5 Å². The Morgan fingerprint density at radius 1 is 1.14 bits per heavy atom. The van der Waals surface area contributed by atoms with Crippen molar-refractivity contribution in [1.29, 1.82) is 0 Å². The fourth-order valence-corrected chi connectivity index (χ4v) is 2.35. The Labute approximate surface area is 165 Å². The molecule has 0 aliphatic rings. The molecule has 10 heteroatoms. The number of anilines is 1. The number of carbonyl (C=O) groups is 2. The fourth-order valence-electron chi connectivity index (χ4n) is 2.35. The van der Waals surface area contributed by atoms with Crippen LogP contribution in [0.15, 0.2) is 36.7 Å². The molecule has 0 aliphatic carbocycles. The first kappa shape index (κ1) is 22.1. The summed E-state index contributed by atoms with van der Waals surface area (Å²) < 4.78 is 49.4. The maximum atomic E-state index is 14.8. The lowest BCUT2D eigenvalue weighted by atomic mass is 10.1. The lowest BCUT2D eigenvalue weighted by molar-refractivity contribution is -0.304. The SMILES string of the molecule is CC(C)(C)OC(=O)N(CC(F)(F)c1ccccn1)c1nccc(CC(=O)[O-])c1F. The van der Waals surface area contributed by atoms with Gasteiger partial charge in [-0.05, 0) is 44.5 Å². The Morgan fingerprint density at radius 3 is 2.38 bits per heavy atom. The first-order valence-corrected chi connectivity index (χ1v) is 8.54. The number of aromatic nitrogens is 2. The summed E-state index contributed by atoms with van der Waals surface area (Å²) in [7, 11) is 0. The number of pyridine rings is 2. The molecule has 0 aliphatic heterocycles. The summed E-state index contributed by atoms with van der Waals surface area (Å²) in [5, 5.41) is 10.8. The Kier molecular flexibility index (Phi) is 6.45. The summed E-state index contributed by atoms with van der Waals surface area (Å²) in [4.78, 5) is 30.9. The standard InChI is InChI=1S/C19H20F3N3O4/c1-18(2,3)29-17(28)25(11-19(21,22)13-6-4-5-8-23-13)16-15(20)12(7-9-24-16)10-14(26)27/h4-9H,10-11H2,1-3H3,(H,26,27)/p-1. The van der Waals surface area contributed by atoms with E-state index in [9.17, 15) is 27.9 Å². The minimum atomic E-state index is -3.67. The van der Waals surface area contributed by atoms with Crippen molar-refractivity contribution in [2.45, 2.75) is 38.7 Å². The third kappa shape index (κ3) is 5.90. The van der Waals surface area contributed by atoms with Crippen LogP contribution in [0.4, 0.5) is 23.8 Å². The van der Waals surface area contributed by atoms with Gasteiger partial charge in [-0.2, -0.15) is 8.78 Å². The maximum absolute atomic E-state index is 14.8. The van der Waals surface area contributed by atoms with Crippen LogP contribution in [0.25, 0.3) is 0 Å². The number of halogens is 3. The van der Waals surface area contributed by atoms with Gasteiger partial charge in [-0.1, -0.05) is 6.07 Å². The number of aliphatic carboxylic acids is 1. The van der Waals surface area contributed by atoms with Gasteiger partial charge in [-0.15, -0.1) is 0 Å². The number of amides is 1. The van der Waals surface area contributed by atoms with E-state index >= 15 is 0 Å². The number of carboxylic acids is 1. The van der Waals surface area contributed by atoms with Crippen molar-refractivity contribution in [2.24, 2.45) is 0 Å². The quantitative estimate of drug-likeness (QED) is 0.726. The zero-order chi connectivity index (χ0) is 21.8. The molecule has 0 bridgehead atoms. The Morgan fingerprint density at radius 2 is 1.83 bits per heavy atom. The third-order valence-electron chi connectivity index (χ3n) is 3.55. The van der Waals surface area contributed by atoms with Gasteiger partial charge in [0.25, 0.3) is 0 Å². The summed E-state index contributed by atoms with van der Waals surface area (Å²) in [6.45, 7) is 3.21. The van der Waals surface area contributed by atoms with E-state index in [1.54, 1.807) is 0 Å². The zero-order valence-electron chi connectivity index (χ0n) is 16.0. The van der Waals surface area contributed by atoms with Gasteiger partial charge in [0.15, 0.2) is 11.6 Å². The molecule has 0 unspecified atom stereocenters. The third-order valence-corrected chi connectivity index (χ3v) is 3.55. The number of rotatable bonds is 6. The van der Waals surface area contributed by atoms with Gasteiger partial charge < -0.3 is 14.6 Å². The molecule has 0 atom stereocenters. The second-order valence-electron chi connectivity index (χ2n) is 7.14. The van der Waals surface area contributed by atoms with E-state index in [2.05, 4.69) is 9.97 Å². The van der Waals surface area contributed by atoms with Crippen molar-refractivity contribution in [1.82, 2.24) is 9.97 Å². The molecule has 29 heavy (non-hydrogen) atoms. The van der Waals surface area contributed by atoms with Crippen LogP contribution in [0.3, 0.4) is 0 Å². The minimum Gasteiger partial charge on any atom is -0.550 e. The van der Waals surface area contributed by atoms with Gasteiger partial charge in [-0.25, -0.2) is 14.2 Å². The largest absolute Gasteiger partial charge is 0.550 e. The van der Waals surface area contributed by atoms with Crippen LogP contribution < -0.4 is 10.0 Å². The molecule has 0 saturated heterocycles. The van der Waals surface area contributed by atoms with Crippen molar-refractivity contribution >= 4 is 17.9 Å². The molecule has 2 heterocycles. The highest BCUT2D eigenvalue weighted by Crippen LogP contribution is 2.31. The summed E-state index contributed by atoms with van der Waals surface area (Å²) in [6, 6.07) is 4.89. The number of carboxylic acid groups (broad SMARTS) is 1. The number of alkyl halides is 2. The Bertz CT molecular complexity index is 886. The van der Waals surface area contributed by atoms with E-state index in [-0.39, 0.29) is 5.56 Å². The number of carbonyl (C=O) groups excluding carboxylic acids is 2. The van der Waals surface area contributed by atoms with Crippen molar-refractivity contribution in [2.75, 3.05) is 11.4 Å². The van der Waals surface area contributed by atoms with Crippen molar-refractivity contribution in [3.63, 3.8) is 0 Å². The molecule has 2 aromatic heterocycles. The van der Waals surface area contributed by atoms with Crippen molar-refractivity contribution in [3.8, 4) is 0 Å². The minimum absolute atomic E-state index is 0.327. The highest BCUT2D eigenvalue weighted by Gasteiger charge is 2.40. The first-order valence-electron chi connectivity index (χ1n) is 8.54. The highest BCUT2D eigenvalue weighted by molar-refractivity contribution is 5.87. The van der Waals surface area contributed by atoms with E-state index in [1.807, 2.05) is 0 Å². The predicted molar refractivity (Wildman–Crippen MR) is 94.6 cm³/mol. The number of ether oxygens (including phenoxy) is 1. The number of hydrogen-bond donors (Lipinski definition) is 0. The monoisotopic (exact) mass is 410 g/mol. The molecule has 0 spiro atoms. The van der Waals surface area contributed by atoms with E-state index in [0.717, 1.165) is 24.5 Å². The molecule has 2 rings (SSSR count). The van der Waals surface area contributed by atoms with Crippen LogP contribution in [0.2, 0.25) is 0 Å². The molecule has 156 valence electrons. The summed E-state index contributed by atoms with van der Waals surface area (Å²) in [6.07, 6.45) is 0.0677. The van der Waals surface area contributed by atoms with Gasteiger partial charge in [0.05, 0.1) is 0 Å². The molecule has 0 fully saturated rings. The Balaban J connectivity index is 2.49. The second-order valence-corrected chi connectivity index (χ2v) is 7.14. The van der Waals surface area contributed by atoms with Crippen LogP contribution in [0, 0.1) is 5.82 Å². The van der Waals surface area contributed by atoms with Crippen molar-refractivity contribution in [3.05, 3.63) is 53.7 Å². The first-order chi connectivity index (χ1) is 13.4. The van der Waals surface area contributed by atoms with Gasteiger partial charge >= 0.3 is 12.0 Å². The van der Waals surface area contributed by atoms with E-state index in [4.69, 9.17) is 4.74 Å². The van der Waals surface area contributed by atoms with Gasteiger partial charge in [-0.3, -0.25) is 9.88 Å². The molecule has 0 aromatic carbocycles. The molecule has 2 aromatic rings. The summed E-state index contributed by atoms with van der Waals surface area (Å²) in [5.74, 6) is -7.27. The molecule has 0 N–H and O–H groups in total. The second kappa shape index (κ2) is 8.46. The molecule has 0 radical (unpaired) electrons. The van der Waals surface area contributed by atoms with E-state index in [0.29, 0.717) is 4.90 Å². The average Bonchev–Trinajstić information content (AvgIpc) is 2.61. The van der Waals surface area contributed by atoms with Crippen molar-refractivity contribution < 1.29 is 32.6 Å². The van der Waals surface area contributed by atoms with Gasteiger partial charge in [0, 0.05) is 24.8 Å². The van der Waals surface area contributed by atoms with Crippen LogP contribution >= 0.6 is 0 Å². The lowest BCUT2D eigenvalue weighted by Crippen LogP contribution is -2.44. The lowest BCUT2D eigenvalue weighted by Gasteiger charge is -2.29. The van der Waals surface area contributed by atoms with Crippen LogP contribution in [0.5, 0.6) is 0 Å². The average molecular weight is 410 g/mol. The molecule has 0 saturated carbocycles. The molecular formula is C19H19F3N3O4-. The molecular weight excluding hydrogens is 391 g/mol. The number of hydrogen-bond acceptors (Lipinski definition) is 6. The maximum Gasteiger partial charge on any atom is 0.416 e. The van der Waals surface area contributed by atoms with E-state index < -0.39 is 53.9 Å². The summed E-state index contributed by atoms with van der Waals surface area (Å²) in [5.41, 5.74) is -2.07. The summed E-state index contributed by atoms with van der Waals surface area (Å²) >= 11 is 0. The molecule has 7 nitrogen and oxygen atoms in total. The normalized spacial score (nSPS) is 11.8. The molecule has 1 amide bonds. The van der Waals surface area contributed by atoms with Gasteiger partial charge in [0.1, 0.15) is 17.8 Å². The van der Waals surface area contributed by atoms with E-state index in [1.165, 1.54) is 32.9 Å². The predicted octanol–water partition coefficient (Wildman–Crippen LogP) is 2.44. The highest BCUT2D eigenvalue weighted by atomic mass is 19.3. The fraction of sp³-hybridized carbons (Fsp3) is 0.368. The Hall–Kier alpha value is -3.17. The van der Waals surface area contributed by atoms with Crippen LogP contribution in [-0.4, -0.2) is 34.2 Å². The smallest absolute Gasteiger partial charge is 0.416 e. The van der Waals surface area contributed by atoms with Gasteiger partial charge in [0.2, 0.25) is 0 Å².